The van der Waals surface area contributed by atoms with Crippen LogP contribution in [0.4, 0.5) is 0 Å². The van der Waals surface area contributed by atoms with Crippen molar-refractivity contribution in [2.45, 2.75) is 6.54 Å². The van der Waals surface area contributed by atoms with Crippen molar-refractivity contribution in [1.29, 1.82) is 0 Å². The van der Waals surface area contributed by atoms with Gasteiger partial charge in [0.2, 0.25) is 0 Å². The van der Waals surface area contributed by atoms with Gasteiger partial charge in [0, 0.05) is 32.4 Å². The SMILES string of the molecule is CN(O)Cc1ccc2c(ccn2C)c1. The summed E-state index contributed by atoms with van der Waals surface area (Å²) >= 11 is 0. The third kappa shape index (κ3) is 1.64. The Hall–Kier alpha value is -1.32. The zero-order valence-corrected chi connectivity index (χ0v) is 8.44. The molecule has 0 radical (unpaired) electrons. The lowest BCUT2D eigenvalue weighted by atomic mass is 10.1. The van der Waals surface area contributed by atoms with Gasteiger partial charge >= 0.3 is 0 Å². The number of aryl methyl sites for hydroxylation is 1. The first kappa shape index (κ1) is 9.24. The van der Waals surface area contributed by atoms with Gasteiger partial charge in [0.25, 0.3) is 0 Å². The summed E-state index contributed by atoms with van der Waals surface area (Å²) in [6, 6.07) is 8.29. The molecule has 0 spiro atoms. The first-order valence-corrected chi connectivity index (χ1v) is 4.61. The minimum atomic E-state index is 0.560. The molecule has 0 atom stereocenters. The van der Waals surface area contributed by atoms with Crippen LogP contribution in [0.15, 0.2) is 30.5 Å². The molecule has 0 amide bonds. The largest absolute Gasteiger partial charge is 0.351 e. The first-order chi connectivity index (χ1) is 6.66. The summed E-state index contributed by atoms with van der Waals surface area (Å²) in [4.78, 5) is 0. The Bertz CT molecular complexity index is 445. The van der Waals surface area contributed by atoms with Gasteiger partial charge in [0.15, 0.2) is 0 Å². The van der Waals surface area contributed by atoms with Crippen LogP contribution in [0.25, 0.3) is 10.9 Å². The van der Waals surface area contributed by atoms with E-state index in [-0.39, 0.29) is 0 Å². The number of nitrogens with zero attached hydrogens (tertiary/aromatic N) is 2. The fraction of sp³-hybridized carbons (Fsp3) is 0.273. The molecule has 1 N–H and O–H groups in total. The van der Waals surface area contributed by atoms with Crippen molar-refractivity contribution < 1.29 is 5.21 Å². The van der Waals surface area contributed by atoms with Crippen LogP contribution in [0.5, 0.6) is 0 Å². The van der Waals surface area contributed by atoms with Crippen molar-refractivity contribution in [3.8, 4) is 0 Å². The molecule has 3 nitrogen and oxygen atoms in total. The summed E-state index contributed by atoms with van der Waals surface area (Å²) in [6.45, 7) is 0.560. The van der Waals surface area contributed by atoms with Crippen LogP contribution >= 0.6 is 0 Å². The number of fused-ring (bicyclic) bond motifs is 1. The van der Waals surface area contributed by atoms with Crippen LogP contribution in [-0.4, -0.2) is 21.9 Å². The summed E-state index contributed by atoms with van der Waals surface area (Å²) in [5, 5.41) is 11.5. The van der Waals surface area contributed by atoms with Gasteiger partial charge in [-0.3, -0.25) is 0 Å². The van der Waals surface area contributed by atoms with Crippen LogP contribution < -0.4 is 0 Å². The van der Waals surface area contributed by atoms with Crippen molar-refractivity contribution in [2.75, 3.05) is 7.05 Å². The molecule has 0 bridgehead atoms. The number of benzene rings is 1. The Labute approximate surface area is 83.1 Å². The maximum atomic E-state index is 9.11. The van der Waals surface area contributed by atoms with E-state index in [4.69, 9.17) is 5.21 Å². The monoisotopic (exact) mass is 190 g/mol. The second kappa shape index (κ2) is 3.44. The van der Waals surface area contributed by atoms with Crippen LogP contribution in [0.1, 0.15) is 5.56 Å². The third-order valence-electron chi connectivity index (χ3n) is 2.36. The smallest absolute Gasteiger partial charge is 0.0485 e. The van der Waals surface area contributed by atoms with E-state index in [0.717, 1.165) is 5.56 Å². The van der Waals surface area contributed by atoms with Gasteiger partial charge in [0.05, 0.1) is 0 Å². The Morgan fingerprint density at radius 1 is 1.36 bits per heavy atom. The molecule has 2 rings (SSSR count). The lowest BCUT2D eigenvalue weighted by molar-refractivity contribution is -0.0731. The summed E-state index contributed by atoms with van der Waals surface area (Å²) in [7, 11) is 3.68. The second-order valence-corrected chi connectivity index (χ2v) is 3.64. The summed E-state index contributed by atoms with van der Waals surface area (Å²) in [5.41, 5.74) is 2.34. The molecule has 1 heterocycles. The van der Waals surface area contributed by atoms with Gasteiger partial charge in [-0.05, 0) is 29.1 Å². The van der Waals surface area contributed by atoms with Gasteiger partial charge in [-0.25, -0.2) is 0 Å². The van der Waals surface area contributed by atoms with E-state index in [1.807, 2.05) is 19.3 Å². The number of aromatic nitrogens is 1. The second-order valence-electron chi connectivity index (χ2n) is 3.64. The predicted molar refractivity (Wildman–Crippen MR) is 56.2 cm³/mol. The van der Waals surface area contributed by atoms with Crippen molar-refractivity contribution in [2.24, 2.45) is 7.05 Å². The highest BCUT2D eigenvalue weighted by Crippen LogP contribution is 2.17. The standard InChI is InChI=1S/C11H14N2O/c1-12-6-5-10-7-9(8-13(2)14)3-4-11(10)12/h3-7,14H,8H2,1-2H3. The zero-order chi connectivity index (χ0) is 10.1. The Morgan fingerprint density at radius 2 is 2.14 bits per heavy atom. The van der Waals surface area contributed by atoms with E-state index in [2.05, 4.69) is 22.8 Å². The highest BCUT2D eigenvalue weighted by molar-refractivity contribution is 5.80. The van der Waals surface area contributed by atoms with E-state index in [0.29, 0.717) is 6.54 Å². The molecule has 0 fully saturated rings. The van der Waals surface area contributed by atoms with E-state index < -0.39 is 0 Å². The Balaban J connectivity index is 2.42. The van der Waals surface area contributed by atoms with Crippen LogP contribution in [0.2, 0.25) is 0 Å². The normalized spacial score (nSPS) is 11.4. The molecule has 3 heteroatoms. The molecule has 0 aliphatic carbocycles. The number of hydroxylamine groups is 2. The van der Waals surface area contributed by atoms with Crippen LogP contribution in [0.3, 0.4) is 0 Å². The highest BCUT2D eigenvalue weighted by Gasteiger charge is 2.00. The molecule has 1 aromatic heterocycles. The van der Waals surface area contributed by atoms with Crippen LogP contribution in [-0.2, 0) is 13.6 Å². The minimum Gasteiger partial charge on any atom is -0.351 e. The molecule has 0 aliphatic rings. The lowest BCUT2D eigenvalue weighted by Gasteiger charge is -2.07. The van der Waals surface area contributed by atoms with E-state index in [1.165, 1.54) is 16.0 Å². The predicted octanol–water partition coefficient (Wildman–Crippen LogP) is 2.00. The van der Waals surface area contributed by atoms with Gasteiger partial charge in [-0.2, -0.15) is 5.06 Å². The maximum Gasteiger partial charge on any atom is 0.0485 e. The van der Waals surface area contributed by atoms with Crippen molar-refractivity contribution in [3.05, 3.63) is 36.0 Å². The number of hydrogen-bond acceptors (Lipinski definition) is 2. The summed E-state index contributed by atoms with van der Waals surface area (Å²) < 4.78 is 2.09. The lowest BCUT2D eigenvalue weighted by Crippen LogP contribution is -2.11. The molecule has 14 heavy (non-hydrogen) atoms. The first-order valence-electron chi connectivity index (χ1n) is 4.61. The average molecular weight is 190 g/mol. The van der Waals surface area contributed by atoms with E-state index >= 15 is 0 Å². The Morgan fingerprint density at radius 3 is 2.86 bits per heavy atom. The molecule has 1 aromatic carbocycles. The quantitative estimate of drug-likeness (QED) is 0.734. The molecular formula is C11H14N2O. The minimum absolute atomic E-state index is 0.560. The molecule has 0 aliphatic heterocycles. The number of hydrogen-bond donors (Lipinski definition) is 1. The third-order valence-corrected chi connectivity index (χ3v) is 2.36. The topological polar surface area (TPSA) is 28.4 Å². The molecular weight excluding hydrogens is 176 g/mol. The van der Waals surface area contributed by atoms with Crippen LogP contribution in [0, 0.1) is 0 Å². The van der Waals surface area contributed by atoms with Gasteiger partial charge in [-0.15, -0.1) is 0 Å². The average Bonchev–Trinajstić information content (AvgIpc) is 2.46. The van der Waals surface area contributed by atoms with E-state index in [9.17, 15) is 0 Å². The van der Waals surface area contributed by atoms with Gasteiger partial charge in [-0.1, -0.05) is 6.07 Å². The van der Waals surface area contributed by atoms with E-state index in [1.54, 1.807) is 7.05 Å². The van der Waals surface area contributed by atoms with Crippen molar-refractivity contribution in [1.82, 2.24) is 9.63 Å². The Kier molecular flexibility index (Phi) is 2.27. The summed E-state index contributed by atoms with van der Waals surface area (Å²) in [5.74, 6) is 0. The van der Waals surface area contributed by atoms with Crippen molar-refractivity contribution in [3.63, 3.8) is 0 Å². The highest BCUT2D eigenvalue weighted by atomic mass is 16.5. The maximum absolute atomic E-state index is 9.11. The van der Waals surface area contributed by atoms with Gasteiger partial charge in [0.1, 0.15) is 0 Å². The molecule has 0 saturated heterocycles. The fourth-order valence-electron chi connectivity index (χ4n) is 1.69. The molecule has 74 valence electrons. The zero-order valence-electron chi connectivity index (χ0n) is 8.44. The molecule has 0 unspecified atom stereocenters. The molecule has 0 saturated carbocycles. The summed E-state index contributed by atoms with van der Waals surface area (Å²) in [6.07, 6.45) is 2.04. The van der Waals surface area contributed by atoms with Crippen molar-refractivity contribution >= 4 is 10.9 Å². The molecule has 2 aromatic rings. The fourth-order valence-corrected chi connectivity index (χ4v) is 1.69. The van der Waals surface area contributed by atoms with Gasteiger partial charge < -0.3 is 9.77 Å². The number of rotatable bonds is 2.